The van der Waals surface area contributed by atoms with Gasteiger partial charge in [0.2, 0.25) is 11.9 Å². The highest BCUT2D eigenvalue weighted by Crippen LogP contribution is 2.31. The number of nitrogens with zero attached hydrogens (tertiary/aromatic N) is 3. The second-order valence-electron chi connectivity index (χ2n) is 8.47. The van der Waals surface area contributed by atoms with E-state index in [9.17, 15) is 9.18 Å². The number of nitrogens with one attached hydrogen (secondary N) is 1. The Bertz CT molecular complexity index is 930. The summed E-state index contributed by atoms with van der Waals surface area (Å²) in [7, 11) is 0. The fraction of sp³-hybridized carbons (Fsp3) is 0.500. The van der Waals surface area contributed by atoms with Crippen molar-refractivity contribution >= 4 is 23.4 Å². The molecule has 7 nitrogen and oxygen atoms in total. The van der Waals surface area contributed by atoms with Crippen LogP contribution < -0.4 is 21.7 Å². The number of nitrogen functional groups attached to an aromatic ring is 2. The van der Waals surface area contributed by atoms with E-state index in [1.54, 1.807) is 12.1 Å². The molecular weight excluding hydrogens is 383 g/mol. The number of carbonyl (C=O) groups is 1. The quantitative estimate of drug-likeness (QED) is 0.666. The lowest BCUT2D eigenvalue weighted by atomic mass is 9.92. The van der Waals surface area contributed by atoms with E-state index in [0.717, 1.165) is 25.7 Å². The molecule has 1 saturated carbocycles. The van der Waals surface area contributed by atoms with E-state index < -0.39 is 5.82 Å². The van der Waals surface area contributed by atoms with E-state index in [1.165, 1.54) is 25.0 Å². The molecule has 2 fully saturated rings. The average Bonchev–Trinajstić information content (AvgIpc) is 3.23. The number of carbonyl (C=O) groups excluding carboxylic acids is 1. The first-order valence-electron chi connectivity index (χ1n) is 10.7. The Labute approximate surface area is 176 Å². The van der Waals surface area contributed by atoms with Crippen LogP contribution in [0.4, 0.5) is 21.8 Å². The number of aromatic nitrogens is 2. The lowest BCUT2D eigenvalue weighted by molar-refractivity contribution is -0.126. The van der Waals surface area contributed by atoms with Crippen molar-refractivity contribution in [2.75, 3.05) is 22.9 Å². The lowest BCUT2D eigenvalue weighted by Crippen LogP contribution is -2.48. The van der Waals surface area contributed by atoms with Gasteiger partial charge < -0.3 is 21.7 Å². The van der Waals surface area contributed by atoms with Gasteiger partial charge in [-0.05, 0) is 44.7 Å². The number of halogens is 1. The van der Waals surface area contributed by atoms with Gasteiger partial charge in [-0.15, -0.1) is 0 Å². The van der Waals surface area contributed by atoms with Crippen LogP contribution >= 0.6 is 0 Å². The number of anilines is 3. The maximum atomic E-state index is 13.9. The highest BCUT2D eigenvalue weighted by molar-refractivity contribution is 5.80. The van der Waals surface area contributed by atoms with Gasteiger partial charge in [0.05, 0.1) is 17.3 Å². The van der Waals surface area contributed by atoms with Crippen molar-refractivity contribution < 1.29 is 9.18 Å². The summed E-state index contributed by atoms with van der Waals surface area (Å²) >= 11 is 0. The molecule has 2 heterocycles. The summed E-state index contributed by atoms with van der Waals surface area (Å²) in [5.74, 6) is 0.309. The molecule has 0 spiro atoms. The maximum absolute atomic E-state index is 13.9. The van der Waals surface area contributed by atoms with E-state index >= 15 is 0 Å². The fourth-order valence-corrected chi connectivity index (χ4v) is 4.46. The summed E-state index contributed by atoms with van der Waals surface area (Å²) < 4.78 is 13.9. The smallest absolute Gasteiger partial charge is 0.225 e. The van der Waals surface area contributed by atoms with Crippen molar-refractivity contribution in [3.8, 4) is 11.3 Å². The van der Waals surface area contributed by atoms with Crippen molar-refractivity contribution in [1.29, 1.82) is 0 Å². The Morgan fingerprint density at radius 1 is 1.13 bits per heavy atom. The summed E-state index contributed by atoms with van der Waals surface area (Å²) in [5, 5.41) is 3.22. The third-order valence-electron chi connectivity index (χ3n) is 6.27. The van der Waals surface area contributed by atoms with Crippen molar-refractivity contribution in [2.24, 2.45) is 5.92 Å². The second kappa shape index (κ2) is 8.45. The first-order chi connectivity index (χ1) is 14.4. The number of rotatable bonds is 4. The SMILES string of the molecule is C[C@@H]1CC[C@H](C(=O)NC2CCCC2)CN1c1cc(-c2ccc(N)c(F)c2)nc(N)n1. The highest BCUT2D eigenvalue weighted by Gasteiger charge is 2.32. The molecule has 8 heteroatoms. The number of piperidine rings is 1. The Morgan fingerprint density at radius 2 is 1.90 bits per heavy atom. The number of hydrogen-bond donors (Lipinski definition) is 3. The molecule has 1 saturated heterocycles. The van der Waals surface area contributed by atoms with Gasteiger partial charge in [0.15, 0.2) is 0 Å². The van der Waals surface area contributed by atoms with Crippen LogP contribution in [-0.4, -0.2) is 34.5 Å². The lowest BCUT2D eigenvalue weighted by Gasteiger charge is -2.38. The van der Waals surface area contributed by atoms with Gasteiger partial charge in [-0.25, -0.2) is 9.37 Å². The van der Waals surface area contributed by atoms with Gasteiger partial charge in [0, 0.05) is 30.3 Å². The molecule has 2 atom stereocenters. The Morgan fingerprint density at radius 3 is 2.63 bits per heavy atom. The van der Waals surface area contributed by atoms with Gasteiger partial charge in [0.25, 0.3) is 0 Å². The Hall–Kier alpha value is -2.90. The number of benzene rings is 1. The van der Waals surface area contributed by atoms with Gasteiger partial charge in [-0.2, -0.15) is 4.98 Å². The predicted molar refractivity (Wildman–Crippen MR) is 116 cm³/mol. The van der Waals surface area contributed by atoms with Crippen LogP contribution in [0, 0.1) is 11.7 Å². The number of nitrogens with two attached hydrogens (primary N) is 2. The minimum Gasteiger partial charge on any atom is -0.396 e. The van der Waals surface area contributed by atoms with Crippen LogP contribution in [0.3, 0.4) is 0 Å². The molecule has 2 aliphatic rings. The van der Waals surface area contributed by atoms with Crippen LogP contribution in [0.5, 0.6) is 0 Å². The topological polar surface area (TPSA) is 110 Å². The van der Waals surface area contributed by atoms with Crippen molar-refractivity contribution in [1.82, 2.24) is 15.3 Å². The summed E-state index contributed by atoms with van der Waals surface area (Å²) in [4.78, 5) is 23.6. The molecule has 5 N–H and O–H groups in total. The van der Waals surface area contributed by atoms with Crippen LogP contribution in [0.2, 0.25) is 0 Å². The van der Waals surface area contributed by atoms with Gasteiger partial charge in [-0.1, -0.05) is 18.9 Å². The molecule has 1 aromatic heterocycles. The standard InChI is InChI=1S/C22H29FN6O/c1-13-6-7-15(21(30)26-16-4-2-3-5-16)12-29(13)20-11-19(27-22(25)28-20)14-8-9-18(24)17(23)10-14/h8-11,13,15-16H,2-7,12,24H2,1H3,(H,26,30)(H2,25,27,28)/t13-,15+/m1/s1. The monoisotopic (exact) mass is 412 g/mol. The Balaban J connectivity index is 1.56. The van der Waals surface area contributed by atoms with Crippen LogP contribution in [0.1, 0.15) is 45.4 Å². The molecule has 1 aromatic carbocycles. The maximum Gasteiger partial charge on any atom is 0.225 e. The second-order valence-corrected chi connectivity index (χ2v) is 8.47. The molecular formula is C22H29FN6O. The number of amides is 1. The predicted octanol–water partition coefficient (Wildman–Crippen LogP) is 3.11. The largest absolute Gasteiger partial charge is 0.396 e. The zero-order valence-corrected chi connectivity index (χ0v) is 17.3. The summed E-state index contributed by atoms with van der Waals surface area (Å²) in [6.07, 6.45) is 6.26. The molecule has 0 unspecified atom stereocenters. The van der Waals surface area contributed by atoms with Crippen LogP contribution in [0.15, 0.2) is 24.3 Å². The molecule has 1 aliphatic heterocycles. The van der Waals surface area contributed by atoms with E-state index in [2.05, 4.69) is 27.1 Å². The number of hydrogen-bond acceptors (Lipinski definition) is 6. The summed E-state index contributed by atoms with van der Waals surface area (Å²) in [6, 6.07) is 6.89. The highest BCUT2D eigenvalue weighted by atomic mass is 19.1. The minimum atomic E-state index is -0.499. The molecule has 1 aliphatic carbocycles. The van der Waals surface area contributed by atoms with Crippen molar-refractivity contribution in [3.05, 3.63) is 30.1 Å². The summed E-state index contributed by atoms with van der Waals surface area (Å²) in [6.45, 7) is 2.69. The third-order valence-corrected chi connectivity index (χ3v) is 6.27. The van der Waals surface area contributed by atoms with E-state index in [4.69, 9.17) is 11.5 Å². The van der Waals surface area contributed by atoms with Gasteiger partial charge >= 0.3 is 0 Å². The van der Waals surface area contributed by atoms with E-state index in [-0.39, 0.29) is 29.5 Å². The molecule has 1 amide bonds. The molecule has 30 heavy (non-hydrogen) atoms. The molecule has 160 valence electrons. The molecule has 2 aromatic rings. The first kappa shape index (κ1) is 20.4. The summed E-state index contributed by atoms with van der Waals surface area (Å²) in [5.41, 5.74) is 12.8. The fourth-order valence-electron chi connectivity index (χ4n) is 4.46. The van der Waals surface area contributed by atoms with Crippen LogP contribution in [-0.2, 0) is 4.79 Å². The first-order valence-corrected chi connectivity index (χ1v) is 10.7. The Kier molecular flexibility index (Phi) is 5.74. The minimum absolute atomic E-state index is 0.0850. The normalized spacial score (nSPS) is 22.3. The van der Waals surface area contributed by atoms with Crippen molar-refractivity contribution in [3.63, 3.8) is 0 Å². The van der Waals surface area contributed by atoms with E-state index in [1.807, 2.05) is 0 Å². The third kappa shape index (κ3) is 4.32. The van der Waals surface area contributed by atoms with Gasteiger partial charge in [0.1, 0.15) is 11.6 Å². The zero-order valence-electron chi connectivity index (χ0n) is 17.3. The molecule has 0 radical (unpaired) electrons. The molecule has 0 bridgehead atoms. The van der Waals surface area contributed by atoms with Gasteiger partial charge in [-0.3, -0.25) is 4.79 Å². The van der Waals surface area contributed by atoms with Crippen molar-refractivity contribution in [2.45, 2.75) is 57.5 Å². The van der Waals surface area contributed by atoms with E-state index in [0.29, 0.717) is 29.7 Å². The molecule has 4 rings (SSSR count). The van der Waals surface area contributed by atoms with Crippen LogP contribution in [0.25, 0.3) is 11.3 Å². The average molecular weight is 413 g/mol. The zero-order chi connectivity index (χ0) is 21.3.